The Morgan fingerprint density at radius 1 is 1.36 bits per heavy atom. The Balaban J connectivity index is 2.93. The number of hydrogen-bond acceptors (Lipinski definition) is 2. The molecule has 2 N–H and O–H groups in total. The minimum absolute atomic E-state index is 0.316. The van der Waals surface area contributed by atoms with E-state index in [1.54, 1.807) is 6.92 Å². The van der Waals surface area contributed by atoms with E-state index in [1.807, 2.05) is 0 Å². The van der Waals surface area contributed by atoms with E-state index in [-0.39, 0.29) is 5.56 Å². The first kappa shape index (κ1) is 10.3. The number of nitrogens with one attached hydrogen (secondary N) is 2. The van der Waals surface area contributed by atoms with E-state index < -0.39 is 5.69 Å². The summed E-state index contributed by atoms with van der Waals surface area (Å²) in [4.78, 5) is 26.9. The smallest absolute Gasteiger partial charge is 0.311 e. The molecule has 0 saturated carbocycles. The second-order valence-corrected chi connectivity index (χ2v) is 3.07. The van der Waals surface area contributed by atoms with Gasteiger partial charge in [-0.3, -0.25) is 9.78 Å². The lowest BCUT2D eigenvalue weighted by Crippen LogP contribution is -2.26. The topological polar surface area (TPSA) is 65.7 Å². The van der Waals surface area contributed by atoms with E-state index in [9.17, 15) is 9.59 Å². The van der Waals surface area contributed by atoms with Gasteiger partial charge in [-0.05, 0) is 19.8 Å². The molecule has 1 aromatic heterocycles. The van der Waals surface area contributed by atoms with Crippen molar-refractivity contribution < 1.29 is 0 Å². The highest BCUT2D eigenvalue weighted by molar-refractivity contribution is 5.14. The van der Waals surface area contributed by atoms with Crippen molar-refractivity contribution in [2.75, 3.05) is 0 Å². The van der Waals surface area contributed by atoms with Gasteiger partial charge in [-0.25, -0.2) is 4.79 Å². The number of aromatic nitrogens is 2. The van der Waals surface area contributed by atoms with Gasteiger partial charge in [0.05, 0.1) is 0 Å². The molecule has 0 atom stereocenters. The van der Waals surface area contributed by atoms with Crippen molar-refractivity contribution in [2.45, 2.75) is 26.2 Å². The molecular formula is C10H12N2O2. The molecule has 1 heterocycles. The minimum atomic E-state index is -0.465. The lowest BCUT2D eigenvalue weighted by Gasteiger charge is -2.01. The summed E-state index contributed by atoms with van der Waals surface area (Å²) >= 11 is 0. The first-order valence-corrected chi connectivity index (χ1v) is 4.40. The van der Waals surface area contributed by atoms with Crippen LogP contribution in [-0.4, -0.2) is 9.97 Å². The van der Waals surface area contributed by atoms with Crippen LogP contribution in [-0.2, 0) is 6.42 Å². The molecule has 0 aliphatic rings. The van der Waals surface area contributed by atoms with Gasteiger partial charge in [0.25, 0.3) is 5.56 Å². The molecule has 0 fully saturated rings. The van der Waals surface area contributed by atoms with E-state index in [2.05, 4.69) is 15.9 Å². The van der Waals surface area contributed by atoms with Crippen LogP contribution in [0.1, 0.15) is 24.1 Å². The third kappa shape index (κ3) is 2.36. The molecule has 0 aliphatic carbocycles. The predicted molar refractivity (Wildman–Crippen MR) is 54.2 cm³/mol. The molecule has 4 heteroatoms. The van der Waals surface area contributed by atoms with Crippen molar-refractivity contribution in [1.82, 2.24) is 9.97 Å². The van der Waals surface area contributed by atoms with E-state index in [0.29, 0.717) is 24.1 Å². The maximum atomic E-state index is 11.3. The molecular weight excluding hydrogens is 180 g/mol. The van der Waals surface area contributed by atoms with Crippen molar-refractivity contribution in [3.05, 3.63) is 32.1 Å². The number of aromatic amines is 2. The van der Waals surface area contributed by atoms with Gasteiger partial charge in [-0.1, -0.05) is 0 Å². The predicted octanol–water partition coefficient (Wildman–Crippen LogP) is 0.328. The third-order valence-electron chi connectivity index (χ3n) is 2.00. The summed E-state index contributed by atoms with van der Waals surface area (Å²) in [5, 5.41) is 0. The summed E-state index contributed by atoms with van der Waals surface area (Å²) in [6.45, 7) is 1.71. The van der Waals surface area contributed by atoms with Crippen LogP contribution in [0.3, 0.4) is 0 Å². The Labute approximate surface area is 81.4 Å². The molecule has 0 aliphatic heterocycles. The van der Waals surface area contributed by atoms with Crippen LogP contribution < -0.4 is 11.2 Å². The molecule has 0 spiro atoms. The van der Waals surface area contributed by atoms with Crippen LogP contribution in [0.15, 0.2) is 9.59 Å². The van der Waals surface area contributed by atoms with Gasteiger partial charge in [0.15, 0.2) is 0 Å². The largest absolute Gasteiger partial charge is 0.325 e. The molecule has 0 bridgehead atoms. The molecule has 0 amide bonds. The normalized spacial score (nSPS) is 9.71. The highest BCUT2D eigenvalue weighted by Gasteiger charge is 2.04. The first-order chi connectivity index (χ1) is 6.65. The van der Waals surface area contributed by atoms with Crippen LogP contribution in [0.4, 0.5) is 0 Å². The van der Waals surface area contributed by atoms with Crippen LogP contribution >= 0.6 is 0 Å². The standard InChI is InChI=1S/C10H12N2O2/c1-3-4-5-6-8-7(2)11-10(14)12-9(8)13/h1H,4-6H2,2H3,(H2,11,12,13,14). The van der Waals surface area contributed by atoms with Crippen LogP contribution in [0.2, 0.25) is 0 Å². The molecule has 1 rings (SSSR count). The quantitative estimate of drug-likeness (QED) is 0.535. The van der Waals surface area contributed by atoms with Gasteiger partial charge < -0.3 is 4.98 Å². The average molecular weight is 192 g/mol. The molecule has 0 radical (unpaired) electrons. The maximum Gasteiger partial charge on any atom is 0.325 e. The van der Waals surface area contributed by atoms with Crippen molar-refractivity contribution in [3.8, 4) is 12.3 Å². The van der Waals surface area contributed by atoms with E-state index >= 15 is 0 Å². The molecule has 1 aromatic rings. The minimum Gasteiger partial charge on any atom is -0.311 e. The Morgan fingerprint density at radius 2 is 2.07 bits per heavy atom. The van der Waals surface area contributed by atoms with Crippen molar-refractivity contribution in [1.29, 1.82) is 0 Å². The zero-order valence-corrected chi connectivity index (χ0v) is 8.02. The Hall–Kier alpha value is -1.76. The summed E-state index contributed by atoms with van der Waals surface area (Å²) < 4.78 is 0. The molecule has 74 valence electrons. The number of H-pyrrole nitrogens is 2. The Kier molecular flexibility index (Phi) is 3.29. The van der Waals surface area contributed by atoms with E-state index in [1.165, 1.54) is 0 Å². The number of aryl methyl sites for hydroxylation is 1. The SMILES string of the molecule is C#CCCCc1c(C)[nH]c(=O)[nH]c1=O. The van der Waals surface area contributed by atoms with Gasteiger partial charge in [0.1, 0.15) is 0 Å². The highest BCUT2D eigenvalue weighted by Crippen LogP contribution is 2.01. The zero-order chi connectivity index (χ0) is 10.6. The van der Waals surface area contributed by atoms with Crippen LogP contribution in [0, 0.1) is 19.3 Å². The van der Waals surface area contributed by atoms with Crippen molar-refractivity contribution >= 4 is 0 Å². The molecule has 0 aromatic carbocycles. The molecule has 0 saturated heterocycles. The number of hydrogen-bond donors (Lipinski definition) is 2. The maximum absolute atomic E-state index is 11.3. The van der Waals surface area contributed by atoms with Gasteiger partial charge >= 0.3 is 5.69 Å². The van der Waals surface area contributed by atoms with Crippen molar-refractivity contribution in [3.63, 3.8) is 0 Å². The molecule has 4 nitrogen and oxygen atoms in total. The van der Waals surface area contributed by atoms with Gasteiger partial charge in [-0.15, -0.1) is 12.3 Å². The Morgan fingerprint density at radius 3 is 2.64 bits per heavy atom. The van der Waals surface area contributed by atoms with Gasteiger partial charge in [-0.2, -0.15) is 0 Å². The van der Waals surface area contributed by atoms with E-state index in [4.69, 9.17) is 6.42 Å². The fourth-order valence-electron chi connectivity index (χ4n) is 1.29. The summed E-state index contributed by atoms with van der Waals surface area (Å²) in [6.07, 6.45) is 7.09. The Bertz CT molecular complexity index is 462. The molecule has 14 heavy (non-hydrogen) atoms. The zero-order valence-electron chi connectivity index (χ0n) is 8.02. The summed E-state index contributed by atoms with van der Waals surface area (Å²) in [7, 11) is 0. The highest BCUT2D eigenvalue weighted by atomic mass is 16.2. The van der Waals surface area contributed by atoms with Gasteiger partial charge in [0, 0.05) is 17.7 Å². The van der Waals surface area contributed by atoms with Gasteiger partial charge in [0.2, 0.25) is 0 Å². The third-order valence-corrected chi connectivity index (χ3v) is 2.00. The lowest BCUT2D eigenvalue weighted by atomic mass is 10.1. The number of terminal acetylenes is 1. The first-order valence-electron chi connectivity index (χ1n) is 4.40. The monoisotopic (exact) mass is 192 g/mol. The van der Waals surface area contributed by atoms with Crippen molar-refractivity contribution in [2.24, 2.45) is 0 Å². The summed E-state index contributed by atoms with van der Waals surface area (Å²) in [5.41, 5.74) is 0.451. The fourth-order valence-corrected chi connectivity index (χ4v) is 1.29. The van der Waals surface area contributed by atoms with E-state index in [0.717, 1.165) is 6.42 Å². The summed E-state index contributed by atoms with van der Waals surface area (Å²) in [5.74, 6) is 2.50. The lowest BCUT2D eigenvalue weighted by molar-refractivity contribution is 0.814. The van der Waals surface area contributed by atoms with Crippen LogP contribution in [0.5, 0.6) is 0 Å². The second kappa shape index (κ2) is 4.47. The summed E-state index contributed by atoms with van der Waals surface area (Å²) in [6, 6.07) is 0. The second-order valence-electron chi connectivity index (χ2n) is 3.07. The average Bonchev–Trinajstić information content (AvgIpc) is 2.09. The number of unbranched alkanes of at least 4 members (excludes halogenated alkanes) is 1. The molecule has 0 unspecified atom stereocenters. The fraction of sp³-hybridized carbons (Fsp3) is 0.400. The number of rotatable bonds is 3. The van der Waals surface area contributed by atoms with Crippen LogP contribution in [0.25, 0.3) is 0 Å².